The second kappa shape index (κ2) is 9.02. The fourth-order valence-corrected chi connectivity index (χ4v) is 4.40. The first-order valence-corrected chi connectivity index (χ1v) is 10.8. The van der Waals surface area contributed by atoms with Crippen LogP contribution in [-0.2, 0) is 14.6 Å². The molecule has 0 radical (unpaired) electrons. The Balaban J connectivity index is 1.68. The van der Waals surface area contributed by atoms with Crippen molar-refractivity contribution in [1.29, 1.82) is 0 Å². The van der Waals surface area contributed by atoms with Gasteiger partial charge < -0.3 is 0 Å². The smallest absolute Gasteiger partial charge is 0.255 e. The Bertz CT molecular complexity index is 963. The van der Waals surface area contributed by atoms with E-state index in [-0.39, 0.29) is 11.5 Å². The molecule has 0 saturated carbocycles. The van der Waals surface area contributed by atoms with Crippen molar-refractivity contribution in [2.45, 2.75) is 5.92 Å². The van der Waals surface area contributed by atoms with Gasteiger partial charge in [0.1, 0.15) is 0 Å². The maximum Gasteiger partial charge on any atom is 0.255 e. The molecule has 1 heterocycles. The second-order valence-corrected chi connectivity index (χ2v) is 8.98. The summed E-state index contributed by atoms with van der Waals surface area (Å²) in [6.07, 6.45) is 0. The maximum absolute atomic E-state index is 12.2. The van der Waals surface area contributed by atoms with Gasteiger partial charge in [0.05, 0.1) is 24.0 Å². The molecule has 0 spiro atoms. The third-order valence-corrected chi connectivity index (χ3v) is 6.33. The van der Waals surface area contributed by atoms with Crippen LogP contribution in [0.2, 0.25) is 0 Å². The van der Waals surface area contributed by atoms with E-state index in [1.54, 1.807) is 5.48 Å². The fourth-order valence-electron chi connectivity index (χ4n) is 3.13. The van der Waals surface area contributed by atoms with Gasteiger partial charge >= 0.3 is 0 Å². The fraction of sp³-hybridized carbons (Fsp3) is 0.286. The Morgan fingerprint density at radius 2 is 1.64 bits per heavy atom. The average molecular weight is 398 g/mol. The van der Waals surface area contributed by atoms with E-state index in [0.717, 1.165) is 16.7 Å². The lowest BCUT2D eigenvalue weighted by atomic mass is 9.90. The molecule has 3 rings (SSSR count). The monoisotopic (exact) mass is 398 g/mol. The highest BCUT2D eigenvalue weighted by atomic mass is 32.2. The molecular weight excluding hydrogens is 376 g/mol. The summed E-state index contributed by atoms with van der Waals surface area (Å²) in [6.45, 7) is 1.56. The molecule has 146 valence electrons. The minimum Gasteiger partial charge on any atom is -0.290 e. The number of hydrogen-bond acceptors (Lipinski definition) is 5. The van der Waals surface area contributed by atoms with E-state index in [2.05, 4.69) is 11.8 Å². The summed E-state index contributed by atoms with van der Waals surface area (Å²) in [7, 11) is -2.88. The first kappa shape index (κ1) is 20.1. The Morgan fingerprint density at radius 1 is 1.04 bits per heavy atom. The molecule has 2 aromatic rings. The average Bonchev–Trinajstić information content (AvgIpc) is 2.71. The number of sulfone groups is 1. The number of benzene rings is 2. The van der Waals surface area contributed by atoms with Crippen LogP contribution in [-0.4, -0.2) is 55.6 Å². The molecule has 1 atom stereocenters. The third-order valence-electron chi connectivity index (χ3n) is 4.72. The number of nitrogens with zero attached hydrogens (tertiary/aromatic N) is 1. The topological polar surface area (TPSA) is 86.7 Å². The minimum absolute atomic E-state index is 0.192. The van der Waals surface area contributed by atoms with Gasteiger partial charge in [-0.2, -0.15) is 0 Å². The highest BCUT2D eigenvalue weighted by molar-refractivity contribution is 7.91. The molecule has 6 nitrogen and oxygen atoms in total. The van der Waals surface area contributed by atoms with Crippen LogP contribution in [0.3, 0.4) is 0 Å². The maximum atomic E-state index is 12.2. The van der Waals surface area contributed by atoms with Gasteiger partial charge in [-0.3, -0.25) is 14.9 Å². The molecule has 1 unspecified atom stereocenters. The van der Waals surface area contributed by atoms with Gasteiger partial charge in [0.25, 0.3) is 5.91 Å². The predicted molar refractivity (Wildman–Crippen MR) is 107 cm³/mol. The number of carbonyl (C=O) groups is 1. The van der Waals surface area contributed by atoms with Crippen LogP contribution in [0, 0.1) is 11.8 Å². The lowest BCUT2D eigenvalue weighted by Gasteiger charge is -2.24. The van der Waals surface area contributed by atoms with Crippen LogP contribution in [0.5, 0.6) is 0 Å². The molecule has 1 amide bonds. The van der Waals surface area contributed by atoms with Crippen LogP contribution >= 0.6 is 0 Å². The van der Waals surface area contributed by atoms with E-state index in [1.165, 1.54) is 0 Å². The second-order valence-electron chi connectivity index (χ2n) is 6.67. The summed E-state index contributed by atoms with van der Waals surface area (Å²) in [4.78, 5) is 14.2. The van der Waals surface area contributed by atoms with Crippen molar-refractivity contribution in [3.8, 4) is 11.8 Å². The Labute approximate surface area is 165 Å². The van der Waals surface area contributed by atoms with Gasteiger partial charge in [-0.15, -0.1) is 0 Å². The first-order chi connectivity index (χ1) is 13.5. The minimum atomic E-state index is -2.88. The van der Waals surface area contributed by atoms with Crippen molar-refractivity contribution in [2.24, 2.45) is 0 Å². The quantitative estimate of drug-likeness (QED) is 0.462. The molecule has 1 fully saturated rings. The Morgan fingerprint density at radius 3 is 2.25 bits per heavy atom. The van der Waals surface area contributed by atoms with Gasteiger partial charge in [0.2, 0.25) is 0 Å². The molecule has 1 aliphatic rings. The zero-order valence-corrected chi connectivity index (χ0v) is 16.2. The van der Waals surface area contributed by atoms with Crippen molar-refractivity contribution < 1.29 is 18.4 Å². The molecule has 0 bridgehead atoms. The van der Waals surface area contributed by atoms with Gasteiger partial charge in [-0.1, -0.05) is 54.3 Å². The number of nitrogens with one attached hydrogen (secondary N) is 1. The summed E-state index contributed by atoms with van der Waals surface area (Å²) >= 11 is 0. The summed E-state index contributed by atoms with van der Waals surface area (Å²) in [5.74, 6) is 5.43. The molecular formula is C21H22N2O4S. The van der Waals surface area contributed by atoms with Crippen molar-refractivity contribution in [2.75, 3.05) is 31.1 Å². The van der Waals surface area contributed by atoms with Crippen molar-refractivity contribution in [3.63, 3.8) is 0 Å². The third kappa shape index (κ3) is 5.20. The van der Waals surface area contributed by atoms with Crippen LogP contribution in [0.4, 0.5) is 0 Å². The van der Waals surface area contributed by atoms with Gasteiger partial charge in [-0.05, 0) is 23.3 Å². The molecule has 1 saturated heterocycles. The number of amides is 1. The Kier molecular flexibility index (Phi) is 6.47. The summed E-state index contributed by atoms with van der Waals surface area (Å²) in [6, 6.07) is 16.6. The summed E-state index contributed by atoms with van der Waals surface area (Å²) in [5, 5.41) is 9.09. The number of hydrogen-bond donors (Lipinski definition) is 2. The summed E-state index contributed by atoms with van der Waals surface area (Å²) in [5.41, 5.74) is 4.09. The molecule has 7 heteroatoms. The van der Waals surface area contributed by atoms with Gasteiger partial charge in [-0.25, -0.2) is 13.9 Å². The van der Waals surface area contributed by atoms with Crippen LogP contribution < -0.4 is 5.48 Å². The standard InChI is InChI=1S/C21H22N2O4S/c24-21(22-25)20(18-6-2-1-3-7-18)19-10-8-17(9-11-19)5-4-12-23-13-15-28(26,27)16-14-23/h1-3,6-11,20,25H,12-16H2,(H,22,24). The van der Waals surface area contributed by atoms with Gasteiger partial charge in [0.15, 0.2) is 9.84 Å². The first-order valence-electron chi connectivity index (χ1n) is 8.99. The molecule has 28 heavy (non-hydrogen) atoms. The SMILES string of the molecule is O=C(NO)C(c1ccccc1)c1ccc(C#CCN2CCS(=O)(=O)CC2)cc1. The van der Waals surface area contributed by atoms with Crippen LogP contribution in [0.25, 0.3) is 0 Å². The highest BCUT2D eigenvalue weighted by Gasteiger charge is 2.22. The molecule has 2 aromatic carbocycles. The van der Waals surface area contributed by atoms with E-state index >= 15 is 0 Å². The molecule has 0 aliphatic carbocycles. The van der Waals surface area contributed by atoms with Crippen LogP contribution in [0.1, 0.15) is 22.6 Å². The largest absolute Gasteiger partial charge is 0.290 e. The van der Waals surface area contributed by atoms with Gasteiger partial charge in [0, 0.05) is 18.7 Å². The molecule has 1 aliphatic heterocycles. The molecule has 2 N–H and O–H groups in total. The van der Waals surface area contributed by atoms with E-state index in [9.17, 15) is 13.2 Å². The lowest BCUT2D eigenvalue weighted by Crippen LogP contribution is -2.40. The van der Waals surface area contributed by atoms with E-state index in [1.807, 2.05) is 59.5 Å². The predicted octanol–water partition coefficient (Wildman–Crippen LogP) is 1.41. The highest BCUT2D eigenvalue weighted by Crippen LogP contribution is 2.25. The normalized spacial score (nSPS) is 17.2. The van der Waals surface area contributed by atoms with Crippen LogP contribution in [0.15, 0.2) is 54.6 Å². The van der Waals surface area contributed by atoms with Crippen molar-refractivity contribution in [1.82, 2.24) is 10.4 Å². The van der Waals surface area contributed by atoms with Crippen molar-refractivity contribution in [3.05, 3.63) is 71.3 Å². The van der Waals surface area contributed by atoms with E-state index in [0.29, 0.717) is 19.6 Å². The lowest BCUT2D eigenvalue weighted by molar-refractivity contribution is -0.129. The molecule has 0 aromatic heterocycles. The Hall–Kier alpha value is -2.66. The number of carbonyl (C=O) groups excluding carboxylic acids is 1. The zero-order chi connectivity index (χ0) is 20.0. The summed E-state index contributed by atoms with van der Waals surface area (Å²) < 4.78 is 22.9. The number of hydroxylamine groups is 1. The van der Waals surface area contributed by atoms with E-state index < -0.39 is 21.7 Å². The van der Waals surface area contributed by atoms with Crippen molar-refractivity contribution >= 4 is 15.7 Å². The zero-order valence-electron chi connectivity index (χ0n) is 15.3. The van der Waals surface area contributed by atoms with E-state index in [4.69, 9.17) is 5.21 Å². The number of rotatable bonds is 4.